The SMILES string of the molecule is CCc1cccc(C)c1NC(=O)COC(=O)c1oc2ccc(Br)cc2c1C. The number of anilines is 1. The molecule has 0 spiro atoms. The Balaban J connectivity index is 1.69. The first kappa shape index (κ1) is 19.2. The van der Waals surface area contributed by atoms with Crippen molar-refractivity contribution in [2.75, 3.05) is 11.9 Å². The lowest BCUT2D eigenvalue weighted by Gasteiger charge is -2.12. The number of fused-ring (bicyclic) bond motifs is 1. The van der Waals surface area contributed by atoms with Crippen molar-refractivity contribution in [1.29, 1.82) is 0 Å². The van der Waals surface area contributed by atoms with Crippen molar-refractivity contribution in [3.63, 3.8) is 0 Å². The number of aryl methyl sites for hydroxylation is 3. The highest BCUT2D eigenvalue weighted by Gasteiger charge is 2.20. The Hall–Kier alpha value is -2.60. The van der Waals surface area contributed by atoms with Crippen molar-refractivity contribution in [2.45, 2.75) is 27.2 Å². The first-order chi connectivity index (χ1) is 12.9. The van der Waals surface area contributed by atoms with Crippen LogP contribution in [0.5, 0.6) is 0 Å². The molecule has 0 saturated carbocycles. The number of para-hydroxylation sites is 1. The summed E-state index contributed by atoms with van der Waals surface area (Å²) in [6.45, 7) is 5.36. The van der Waals surface area contributed by atoms with Gasteiger partial charge in [0.1, 0.15) is 5.58 Å². The molecule has 0 saturated heterocycles. The number of benzene rings is 2. The zero-order valence-electron chi connectivity index (χ0n) is 15.4. The van der Waals surface area contributed by atoms with Crippen LogP contribution in [0.1, 0.15) is 34.2 Å². The van der Waals surface area contributed by atoms with Crippen LogP contribution in [0.25, 0.3) is 11.0 Å². The van der Waals surface area contributed by atoms with Gasteiger partial charge in [0.2, 0.25) is 5.76 Å². The highest BCUT2D eigenvalue weighted by molar-refractivity contribution is 9.10. The molecule has 1 aromatic heterocycles. The minimum absolute atomic E-state index is 0.112. The van der Waals surface area contributed by atoms with E-state index in [1.54, 1.807) is 13.0 Å². The largest absolute Gasteiger partial charge is 0.450 e. The van der Waals surface area contributed by atoms with Gasteiger partial charge in [0, 0.05) is 21.1 Å². The van der Waals surface area contributed by atoms with E-state index in [2.05, 4.69) is 21.2 Å². The number of nitrogens with one attached hydrogen (secondary N) is 1. The highest BCUT2D eigenvalue weighted by Crippen LogP contribution is 2.28. The van der Waals surface area contributed by atoms with Crippen LogP contribution in [0.3, 0.4) is 0 Å². The van der Waals surface area contributed by atoms with Crippen LogP contribution in [-0.2, 0) is 16.0 Å². The Morgan fingerprint density at radius 2 is 1.96 bits per heavy atom. The van der Waals surface area contributed by atoms with E-state index in [-0.39, 0.29) is 18.3 Å². The van der Waals surface area contributed by atoms with Gasteiger partial charge in [-0.25, -0.2) is 4.79 Å². The Bertz CT molecular complexity index is 1020. The summed E-state index contributed by atoms with van der Waals surface area (Å²) in [4.78, 5) is 24.6. The number of hydrogen-bond acceptors (Lipinski definition) is 4. The molecule has 0 aliphatic rings. The predicted molar refractivity (Wildman–Crippen MR) is 108 cm³/mol. The molecule has 2 aromatic carbocycles. The number of halogens is 1. The average Bonchev–Trinajstić information content (AvgIpc) is 2.97. The fourth-order valence-corrected chi connectivity index (χ4v) is 3.32. The van der Waals surface area contributed by atoms with E-state index in [1.807, 2.05) is 44.2 Å². The molecule has 6 heteroatoms. The maximum absolute atomic E-state index is 12.4. The summed E-state index contributed by atoms with van der Waals surface area (Å²) in [5.74, 6) is -0.930. The van der Waals surface area contributed by atoms with Crippen LogP contribution in [0, 0.1) is 13.8 Å². The molecule has 140 valence electrons. The molecule has 0 atom stereocenters. The van der Waals surface area contributed by atoms with E-state index in [0.29, 0.717) is 11.1 Å². The molecule has 0 fully saturated rings. The van der Waals surface area contributed by atoms with Crippen molar-refractivity contribution in [3.05, 3.63) is 63.3 Å². The average molecular weight is 430 g/mol. The van der Waals surface area contributed by atoms with E-state index in [9.17, 15) is 9.59 Å². The minimum atomic E-state index is -0.657. The van der Waals surface area contributed by atoms with Gasteiger partial charge < -0.3 is 14.5 Å². The molecule has 1 heterocycles. The quantitative estimate of drug-likeness (QED) is 0.567. The molecule has 3 aromatic rings. The Kier molecular flexibility index (Phi) is 5.65. The van der Waals surface area contributed by atoms with Crippen molar-refractivity contribution >= 4 is 44.5 Å². The van der Waals surface area contributed by atoms with Crippen LogP contribution in [0.4, 0.5) is 5.69 Å². The minimum Gasteiger partial charge on any atom is -0.450 e. The fourth-order valence-electron chi connectivity index (χ4n) is 2.96. The third kappa shape index (κ3) is 4.06. The number of esters is 1. The van der Waals surface area contributed by atoms with Gasteiger partial charge in [-0.3, -0.25) is 4.79 Å². The van der Waals surface area contributed by atoms with Crippen molar-refractivity contribution in [2.24, 2.45) is 0 Å². The number of ether oxygens (including phenoxy) is 1. The highest BCUT2D eigenvalue weighted by atomic mass is 79.9. The molecule has 0 unspecified atom stereocenters. The maximum Gasteiger partial charge on any atom is 0.375 e. The van der Waals surface area contributed by atoms with Crippen LogP contribution < -0.4 is 5.32 Å². The number of hydrogen-bond donors (Lipinski definition) is 1. The fraction of sp³-hybridized carbons (Fsp3) is 0.238. The Morgan fingerprint density at radius 3 is 2.70 bits per heavy atom. The Morgan fingerprint density at radius 1 is 1.19 bits per heavy atom. The van der Waals surface area contributed by atoms with Crippen LogP contribution in [0.2, 0.25) is 0 Å². The number of amides is 1. The second-order valence-electron chi connectivity index (χ2n) is 6.28. The van der Waals surface area contributed by atoms with Gasteiger partial charge in [0.05, 0.1) is 0 Å². The Labute approximate surface area is 165 Å². The number of rotatable bonds is 5. The third-order valence-electron chi connectivity index (χ3n) is 4.42. The summed E-state index contributed by atoms with van der Waals surface area (Å²) in [5, 5.41) is 3.66. The van der Waals surface area contributed by atoms with Gasteiger partial charge in [0.25, 0.3) is 5.91 Å². The molecule has 27 heavy (non-hydrogen) atoms. The third-order valence-corrected chi connectivity index (χ3v) is 4.92. The smallest absolute Gasteiger partial charge is 0.375 e. The van der Waals surface area contributed by atoms with Gasteiger partial charge >= 0.3 is 5.97 Å². The molecule has 0 aliphatic carbocycles. The monoisotopic (exact) mass is 429 g/mol. The second-order valence-corrected chi connectivity index (χ2v) is 7.20. The van der Waals surface area contributed by atoms with Crippen LogP contribution in [0.15, 0.2) is 45.3 Å². The lowest BCUT2D eigenvalue weighted by atomic mass is 10.1. The normalized spacial score (nSPS) is 10.8. The summed E-state index contributed by atoms with van der Waals surface area (Å²) in [5.41, 5.74) is 4.05. The zero-order chi connectivity index (χ0) is 19.6. The summed E-state index contributed by atoms with van der Waals surface area (Å²) in [6, 6.07) is 11.3. The molecule has 5 nitrogen and oxygen atoms in total. The molecule has 1 N–H and O–H groups in total. The van der Waals surface area contributed by atoms with Crippen LogP contribution in [-0.4, -0.2) is 18.5 Å². The van der Waals surface area contributed by atoms with E-state index in [0.717, 1.165) is 33.1 Å². The maximum atomic E-state index is 12.4. The first-order valence-electron chi connectivity index (χ1n) is 8.64. The van der Waals surface area contributed by atoms with E-state index in [4.69, 9.17) is 9.15 Å². The summed E-state index contributed by atoms with van der Waals surface area (Å²) >= 11 is 3.40. The van der Waals surface area contributed by atoms with Crippen LogP contribution >= 0.6 is 15.9 Å². The van der Waals surface area contributed by atoms with Crippen molar-refractivity contribution in [1.82, 2.24) is 0 Å². The molecule has 0 aliphatic heterocycles. The molecule has 0 radical (unpaired) electrons. The first-order valence-corrected chi connectivity index (χ1v) is 9.44. The topological polar surface area (TPSA) is 68.5 Å². The van der Waals surface area contributed by atoms with E-state index >= 15 is 0 Å². The van der Waals surface area contributed by atoms with Gasteiger partial charge in [-0.1, -0.05) is 41.1 Å². The van der Waals surface area contributed by atoms with E-state index in [1.165, 1.54) is 0 Å². The molecule has 1 amide bonds. The summed E-state index contributed by atoms with van der Waals surface area (Å²) in [7, 11) is 0. The zero-order valence-corrected chi connectivity index (χ0v) is 17.0. The van der Waals surface area contributed by atoms with Crippen molar-refractivity contribution < 1.29 is 18.7 Å². The van der Waals surface area contributed by atoms with E-state index < -0.39 is 5.97 Å². The van der Waals surface area contributed by atoms with Gasteiger partial charge in [-0.05, 0) is 49.6 Å². The lowest BCUT2D eigenvalue weighted by molar-refractivity contribution is -0.119. The summed E-state index contributed by atoms with van der Waals surface area (Å²) < 4.78 is 11.6. The summed E-state index contributed by atoms with van der Waals surface area (Å²) in [6.07, 6.45) is 0.796. The predicted octanol–water partition coefficient (Wildman–Crippen LogP) is 5.17. The lowest BCUT2D eigenvalue weighted by Crippen LogP contribution is -2.22. The molecule has 0 bridgehead atoms. The number of carbonyl (C=O) groups excluding carboxylic acids is 2. The standard InChI is InChI=1S/C21H20BrNO4/c1-4-14-7-5-6-12(2)19(14)23-18(24)11-26-21(25)20-13(3)16-10-15(22)8-9-17(16)27-20/h5-10H,4,11H2,1-3H3,(H,23,24). The van der Waals surface area contributed by atoms with Crippen molar-refractivity contribution in [3.8, 4) is 0 Å². The molecular formula is C21H20BrNO4. The molecule has 3 rings (SSSR count). The van der Waals surface area contributed by atoms with Gasteiger partial charge in [0.15, 0.2) is 6.61 Å². The molecular weight excluding hydrogens is 410 g/mol. The number of carbonyl (C=O) groups is 2. The van der Waals surface area contributed by atoms with Gasteiger partial charge in [-0.15, -0.1) is 0 Å². The number of furan rings is 1. The van der Waals surface area contributed by atoms with Gasteiger partial charge in [-0.2, -0.15) is 0 Å². The second kappa shape index (κ2) is 7.96.